The van der Waals surface area contributed by atoms with Gasteiger partial charge in [0.15, 0.2) is 0 Å². The topological polar surface area (TPSA) is 72.5 Å². The van der Waals surface area contributed by atoms with Crippen molar-refractivity contribution in [2.75, 3.05) is 5.32 Å². The third-order valence-electron chi connectivity index (χ3n) is 3.78. The van der Waals surface area contributed by atoms with Crippen LogP contribution in [0.1, 0.15) is 23.1 Å². The summed E-state index contributed by atoms with van der Waals surface area (Å²) >= 11 is 0. The molecule has 1 N–H and O–H groups in total. The summed E-state index contributed by atoms with van der Waals surface area (Å²) in [7, 11) is -3.89. The molecule has 0 aromatic heterocycles. The molecule has 1 aliphatic rings. The Morgan fingerprint density at radius 3 is 2.57 bits per heavy atom. The van der Waals surface area contributed by atoms with E-state index in [1.807, 2.05) is 6.92 Å². The van der Waals surface area contributed by atoms with E-state index in [1.165, 1.54) is 0 Å². The minimum atomic E-state index is -3.89. The molecule has 3 rings (SSSR count). The summed E-state index contributed by atoms with van der Waals surface area (Å²) in [4.78, 5) is 11.5. The number of hydrogen-bond acceptors (Lipinski definition) is 4. The molecule has 0 unspecified atom stereocenters. The molecule has 1 heterocycles. The van der Waals surface area contributed by atoms with Crippen molar-refractivity contribution in [3.8, 4) is 5.75 Å². The van der Waals surface area contributed by atoms with Crippen LogP contribution in [0.4, 0.5) is 5.69 Å². The summed E-state index contributed by atoms with van der Waals surface area (Å²) in [5, 5.41) is 2.75. The van der Waals surface area contributed by atoms with E-state index in [0.29, 0.717) is 24.1 Å². The summed E-state index contributed by atoms with van der Waals surface area (Å²) in [6.07, 6.45) is 0.961. The summed E-state index contributed by atoms with van der Waals surface area (Å²) < 4.78 is 30.2. The van der Waals surface area contributed by atoms with Crippen molar-refractivity contribution in [3.05, 3.63) is 53.1 Å². The van der Waals surface area contributed by atoms with Crippen molar-refractivity contribution in [1.82, 2.24) is 0 Å². The lowest BCUT2D eigenvalue weighted by Crippen LogP contribution is -2.19. The van der Waals surface area contributed by atoms with E-state index in [-0.39, 0.29) is 16.6 Å². The number of anilines is 1. The van der Waals surface area contributed by atoms with Crippen LogP contribution < -0.4 is 9.50 Å². The standard InChI is InChI=1S/C17H17NO4S/c1-11-3-7-16(12(2)9-11)23(20,21)22-14-5-6-15-13(10-14)4-8-17(19)18-15/h3,5-7,9-10H,4,8H2,1-2H3,(H,18,19). The van der Waals surface area contributed by atoms with Crippen LogP contribution in [0.3, 0.4) is 0 Å². The molecule has 2 aromatic carbocycles. The van der Waals surface area contributed by atoms with Gasteiger partial charge in [-0.25, -0.2) is 0 Å². The fourth-order valence-electron chi connectivity index (χ4n) is 2.66. The molecular weight excluding hydrogens is 314 g/mol. The Balaban J connectivity index is 1.90. The van der Waals surface area contributed by atoms with Crippen LogP contribution in [-0.2, 0) is 21.3 Å². The fraction of sp³-hybridized carbons (Fsp3) is 0.235. The SMILES string of the molecule is Cc1ccc(S(=O)(=O)Oc2ccc3c(c2)CCC(=O)N3)c(C)c1. The summed E-state index contributed by atoms with van der Waals surface area (Å²) in [5.41, 5.74) is 3.22. The number of carbonyl (C=O) groups excluding carboxylic acids is 1. The molecule has 0 bridgehead atoms. The molecule has 1 amide bonds. The van der Waals surface area contributed by atoms with Crippen molar-refractivity contribution in [1.29, 1.82) is 0 Å². The average Bonchev–Trinajstić information content (AvgIpc) is 2.46. The number of carbonyl (C=O) groups is 1. The maximum Gasteiger partial charge on any atom is 0.339 e. The zero-order valence-corrected chi connectivity index (χ0v) is 13.7. The van der Waals surface area contributed by atoms with Crippen molar-refractivity contribution < 1.29 is 17.4 Å². The zero-order valence-electron chi connectivity index (χ0n) is 12.9. The van der Waals surface area contributed by atoms with E-state index in [4.69, 9.17) is 4.18 Å². The molecule has 2 aromatic rings. The van der Waals surface area contributed by atoms with Crippen molar-refractivity contribution >= 4 is 21.7 Å². The number of hydrogen-bond donors (Lipinski definition) is 1. The Morgan fingerprint density at radius 1 is 1.04 bits per heavy atom. The number of aryl methyl sites for hydroxylation is 3. The second-order valence-electron chi connectivity index (χ2n) is 5.67. The second-order valence-corrected chi connectivity index (χ2v) is 7.19. The predicted octanol–water partition coefficient (Wildman–Crippen LogP) is 2.96. The zero-order chi connectivity index (χ0) is 16.6. The van der Waals surface area contributed by atoms with Crippen LogP contribution in [-0.4, -0.2) is 14.3 Å². The number of benzene rings is 2. The Labute approximate surface area is 135 Å². The number of fused-ring (bicyclic) bond motifs is 1. The Morgan fingerprint density at radius 2 is 1.83 bits per heavy atom. The lowest BCUT2D eigenvalue weighted by molar-refractivity contribution is -0.116. The summed E-state index contributed by atoms with van der Waals surface area (Å²) in [5.74, 6) is 0.217. The van der Waals surface area contributed by atoms with Gasteiger partial charge in [0.05, 0.1) is 0 Å². The van der Waals surface area contributed by atoms with Crippen LogP contribution in [0, 0.1) is 13.8 Å². The molecule has 0 saturated heterocycles. The largest absolute Gasteiger partial charge is 0.379 e. The molecule has 23 heavy (non-hydrogen) atoms. The van der Waals surface area contributed by atoms with E-state index in [1.54, 1.807) is 43.3 Å². The van der Waals surface area contributed by atoms with Crippen LogP contribution >= 0.6 is 0 Å². The van der Waals surface area contributed by atoms with E-state index in [2.05, 4.69) is 5.32 Å². The molecule has 0 fully saturated rings. The molecule has 1 aliphatic heterocycles. The van der Waals surface area contributed by atoms with Crippen LogP contribution in [0.5, 0.6) is 5.75 Å². The van der Waals surface area contributed by atoms with Crippen LogP contribution in [0.25, 0.3) is 0 Å². The molecular formula is C17H17NO4S. The molecule has 120 valence electrons. The van der Waals surface area contributed by atoms with Gasteiger partial charge in [-0.05, 0) is 55.7 Å². The maximum absolute atomic E-state index is 12.5. The molecule has 5 nitrogen and oxygen atoms in total. The van der Waals surface area contributed by atoms with Gasteiger partial charge in [-0.2, -0.15) is 8.42 Å². The molecule has 0 saturated carbocycles. The van der Waals surface area contributed by atoms with Gasteiger partial charge in [-0.1, -0.05) is 17.7 Å². The lowest BCUT2D eigenvalue weighted by atomic mass is 10.0. The first-order valence-corrected chi connectivity index (χ1v) is 8.70. The highest BCUT2D eigenvalue weighted by molar-refractivity contribution is 7.87. The highest BCUT2D eigenvalue weighted by Crippen LogP contribution is 2.29. The second kappa shape index (κ2) is 5.70. The van der Waals surface area contributed by atoms with Gasteiger partial charge in [0.25, 0.3) is 0 Å². The third-order valence-corrected chi connectivity index (χ3v) is 5.19. The number of nitrogens with one attached hydrogen (secondary N) is 1. The van der Waals surface area contributed by atoms with E-state index in [0.717, 1.165) is 11.1 Å². The normalized spacial score (nSPS) is 14.1. The quantitative estimate of drug-likeness (QED) is 0.878. The minimum Gasteiger partial charge on any atom is -0.379 e. The summed E-state index contributed by atoms with van der Waals surface area (Å²) in [6.45, 7) is 3.65. The smallest absolute Gasteiger partial charge is 0.339 e. The highest BCUT2D eigenvalue weighted by atomic mass is 32.2. The van der Waals surface area contributed by atoms with Gasteiger partial charge in [-0.3, -0.25) is 4.79 Å². The van der Waals surface area contributed by atoms with Crippen molar-refractivity contribution in [3.63, 3.8) is 0 Å². The van der Waals surface area contributed by atoms with Gasteiger partial charge in [-0.15, -0.1) is 0 Å². The number of amides is 1. The molecule has 0 atom stereocenters. The Kier molecular flexibility index (Phi) is 3.85. The Hall–Kier alpha value is -2.34. The fourth-order valence-corrected chi connectivity index (χ4v) is 3.80. The van der Waals surface area contributed by atoms with E-state index in [9.17, 15) is 13.2 Å². The van der Waals surface area contributed by atoms with E-state index >= 15 is 0 Å². The molecule has 0 spiro atoms. The molecule has 0 aliphatic carbocycles. The molecule has 6 heteroatoms. The predicted molar refractivity (Wildman–Crippen MR) is 87.1 cm³/mol. The van der Waals surface area contributed by atoms with Gasteiger partial charge < -0.3 is 9.50 Å². The van der Waals surface area contributed by atoms with Crippen molar-refractivity contribution in [2.24, 2.45) is 0 Å². The monoisotopic (exact) mass is 331 g/mol. The van der Waals surface area contributed by atoms with Gasteiger partial charge >= 0.3 is 10.1 Å². The lowest BCUT2D eigenvalue weighted by Gasteiger charge is -2.17. The van der Waals surface area contributed by atoms with Gasteiger partial charge in [0, 0.05) is 12.1 Å². The first kappa shape index (κ1) is 15.6. The van der Waals surface area contributed by atoms with Crippen LogP contribution in [0.15, 0.2) is 41.3 Å². The average molecular weight is 331 g/mol. The van der Waals surface area contributed by atoms with Gasteiger partial charge in [0.2, 0.25) is 5.91 Å². The first-order valence-electron chi connectivity index (χ1n) is 7.30. The number of rotatable bonds is 3. The Bertz CT molecular complexity index is 887. The third kappa shape index (κ3) is 3.22. The molecule has 0 radical (unpaired) electrons. The minimum absolute atomic E-state index is 0.0333. The van der Waals surface area contributed by atoms with Crippen LogP contribution in [0.2, 0.25) is 0 Å². The summed E-state index contributed by atoms with van der Waals surface area (Å²) in [6, 6.07) is 9.98. The highest BCUT2D eigenvalue weighted by Gasteiger charge is 2.21. The maximum atomic E-state index is 12.5. The van der Waals surface area contributed by atoms with Crippen molar-refractivity contribution in [2.45, 2.75) is 31.6 Å². The van der Waals surface area contributed by atoms with E-state index < -0.39 is 10.1 Å². The van der Waals surface area contributed by atoms with Gasteiger partial charge in [0.1, 0.15) is 10.6 Å². The first-order chi connectivity index (χ1) is 10.8.